The predicted molar refractivity (Wildman–Crippen MR) is 79.5 cm³/mol. The van der Waals surface area contributed by atoms with Crippen LogP contribution in [0.25, 0.3) is 0 Å². The van der Waals surface area contributed by atoms with Gasteiger partial charge in [-0.15, -0.1) is 12.4 Å². The highest BCUT2D eigenvalue weighted by Gasteiger charge is 2.18. The smallest absolute Gasteiger partial charge is 0.235 e. The summed E-state index contributed by atoms with van der Waals surface area (Å²) in [5.41, 5.74) is 0. The molecule has 0 bridgehead atoms. The number of carbonyl (C=O) groups excluding carboxylic acids is 1. The monoisotopic (exact) mass is 329 g/mol. The van der Waals surface area contributed by atoms with Gasteiger partial charge in [0.2, 0.25) is 15.9 Å². The molecule has 7 nitrogen and oxygen atoms in total. The molecule has 0 saturated carbocycles. The molecule has 0 aromatic rings. The second-order valence-corrected chi connectivity index (χ2v) is 6.74. The number of sulfonamides is 1. The van der Waals surface area contributed by atoms with Crippen LogP contribution in [0.5, 0.6) is 0 Å². The van der Waals surface area contributed by atoms with Crippen LogP contribution < -0.4 is 15.4 Å². The molecular weight excluding hydrogens is 306 g/mol. The van der Waals surface area contributed by atoms with Gasteiger partial charge in [0.05, 0.1) is 25.0 Å². The lowest BCUT2D eigenvalue weighted by Crippen LogP contribution is -2.43. The summed E-state index contributed by atoms with van der Waals surface area (Å²) in [6, 6.07) is 0.0984. The Morgan fingerprint density at radius 2 is 2.15 bits per heavy atom. The van der Waals surface area contributed by atoms with E-state index in [1.54, 1.807) is 0 Å². The van der Waals surface area contributed by atoms with E-state index >= 15 is 0 Å². The lowest BCUT2D eigenvalue weighted by atomic mass is 10.2. The summed E-state index contributed by atoms with van der Waals surface area (Å²) in [6.07, 6.45) is 0.870. The van der Waals surface area contributed by atoms with Crippen molar-refractivity contribution in [3.63, 3.8) is 0 Å². The van der Waals surface area contributed by atoms with Crippen molar-refractivity contribution in [1.29, 1.82) is 0 Å². The quantitative estimate of drug-likeness (QED) is 0.543. The first kappa shape index (κ1) is 19.6. The lowest BCUT2D eigenvalue weighted by molar-refractivity contribution is -0.120. The van der Waals surface area contributed by atoms with E-state index in [0.717, 1.165) is 19.5 Å². The number of hydrogen-bond donors (Lipinski definition) is 3. The number of ether oxygens (including phenoxy) is 1. The maximum Gasteiger partial charge on any atom is 0.235 e. The van der Waals surface area contributed by atoms with Crippen molar-refractivity contribution in [2.75, 3.05) is 32.0 Å². The molecule has 1 fully saturated rings. The highest BCUT2D eigenvalue weighted by Crippen LogP contribution is 1.96. The van der Waals surface area contributed by atoms with Crippen molar-refractivity contribution in [3.05, 3.63) is 0 Å². The average molecular weight is 330 g/mol. The van der Waals surface area contributed by atoms with Gasteiger partial charge in [0.15, 0.2) is 0 Å². The molecule has 1 aliphatic rings. The molecule has 0 radical (unpaired) electrons. The van der Waals surface area contributed by atoms with Crippen LogP contribution in [0.2, 0.25) is 0 Å². The Kier molecular flexibility index (Phi) is 9.32. The zero-order chi connectivity index (χ0) is 14.3. The lowest BCUT2D eigenvalue weighted by Gasteiger charge is -2.12. The average Bonchev–Trinajstić information content (AvgIpc) is 2.78. The molecule has 0 spiro atoms. The second-order valence-electron chi connectivity index (χ2n) is 4.82. The Balaban J connectivity index is 0.00000361. The molecule has 9 heteroatoms. The number of carbonyl (C=O) groups is 1. The largest absolute Gasteiger partial charge is 0.378 e. The summed E-state index contributed by atoms with van der Waals surface area (Å²) in [5.74, 6) is -0.439. The van der Waals surface area contributed by atoms with Gasteiger partial charge < -0.3 is 15.4 Å². The molecule has 120 valence electrons. The van der Waals surface area contributed by atoms with Gasteiger partial charge in [-0.25, -0.2) is 13.1 Å². The van der Waals surface area contributed by atoms with Gasteiger partial charge in [0, 0.05) is 12.6 Å². The Morgan fingerprint density at radius 3 is 2.70 bits per heavy atom. The van der Waals surface area contributed by atoms with Crippen LogP contribution in [0.3, 0.4) is 0 Å². The van der Waals surface area contributed by atoms with Gasteiger partial charge in [-0.1, -0.05) is 0 Å². The summed E-state index contributed by atoms with van der Waals surface area (Å²) in [5, 5.41) is 5.88. The van der Waals surface area contributed by atoms with Gasteiger partial charge in [0.25, 0.3) is 0 Å². The molecule has 1 unspecified atom stereocenters. The summed E-state index contributed by atoms with van der Waals surface area (Å²) in [7, 11) is -3.46. The third-order valence-corrected chi connectivity index (χ3v) is 3.97. The van der Waals surface area contributed by atoms with E-state index in [1.165, 1.54) is 0 Å². The van der Waals surface area contributed by atoms with E-state index in [1.807, 2.05) is 13.8 Å². The molecule has 0 aliphatic carbocycles. The zero-order valence-electron chi connectivity index (χ0n) is 11.8. The fraction of sp³-hybridized carbons (Fsp3) is 0.909. The van der Waals surface area contributed by atoms with Crippen LogP contribution in [0.1, 0.15) is 20.3 Å². The summed E-state index contributed by atoms with van der Waals surface area (Å²) in [6.45, 7) is 5.19. The van der Waals surface area contributed by atoms with E-state index in [9.17, 15) is 13.2 Å². The summed E-state index contributed by atoms with van der Waals surface area (Å²) in [4.78, 5) is 11.5. The van der Waals surface area contributed by atoms with Crippen molar-refractivity contribution in [2.45, 2.75) is 32.4 Å². The second kappa shape index (κ2) is 9.51. The SMILES string of the molecule is CC(C)OCCS(=O)(=O)NCC(=O)NC1CCNC1.Cl. The van der Waals surface area contributed by atoms with Crippen molar-refractivity contribution < 1.29 is 17.9 Å². The Bertz CT molecular complexity index is 383. The highest BCUT2D eigenvalue weighted by atomic mass is 35.5. The summed E-state index contributed by atoms with van der Waals surface area (Å²) >= 11 is 0. The van der Waals surface area contributed by atoms with Gasteiger partial charge in [-0.3, -0.25) is 4.79 Å². The molecule has 0 aromatic carbocycles. The summed E-state index contributed by atoms with van der Waals surface area (Å²) < 4.78 is 30.6. The topological polar surface area (TPSA) is 96.5 Å². The predicted octanol–water partition coefficient (Wildman–Crippen LogP) is -0.769. The van der Waals surface area contributed by atoms with Crippen LogP contribution >= 0.6 is 12.4 Å². The molecule has 1 aliphatic heterocycles. The minimum atomic E-state index is -3.46. The highest BCUT2D eigenvalue weighted by molar-refractivity contribution is 7.89. The number of nitrogens with one attached hydrogen (secondary N) is 3. The Labute approximate surface area is 126 Å². The van der Waals surface area contributed by atoms with Crippen LogP contribution in [0, 0.1) is 0 Å². The van der Waals surface area contributed by atoms with Crippen LogP contribution in [0.4, 0.5) is 0 Å². The maximum atomic E-state index is 11.6. The molecule has 1 heterocycles. The van der Waals surface area contributed by atoms with Gasteiger partial charge in [-0.05, 0) is 26.8 Å². The first-order valence-electron chi connectivity index (χ1n) is 6.48. The number of halogens is 1. The van der Waals surface area contributed by atoms with Crippen molar-refractivity contribution in [2.24, 2.45) is 0 Å². The van der Waals surface area contributed by atoms with E-state index in [4.69, 9.17) is 4.74 Å². The number of rotatable bonds is 8. The minimum absolute atomic E-state index is 0. The van der Waals surface area contributed by atoms with E-state index in [2.05, 4.69) is 15.4 Å². The van der Waals surface area contributed by atoms with Crippen molar-refractivity contribution >= 4 is 28.3 Å². The molecule has 1 atom stereocenters. The van der Waals surface area contributed by atoms with Crippen molar-refractivity contribution in [3.8, 4) is 0 Å². The Hall–Kier alpha value is -0.410. The molecule has 3 N–H and O–H groups in total. The third-order valence-electron chi connectivity index (χ3n) is 2.68. The molecule has 0 aromatic heterocycles. The van der Waals surface area contributed by atoms with E-state index in [0.29, 0.717) is 0 Å². The van der Waals surface area contributed by atoms with Crippen molar-refractivity contribution in [1.82, 2.24) is 15.4 Å². The van der Waals surface area contributed by atoms with Crippen LogP contribution in [-0.4, -0.2) is 58.5 Å². The number of hydrogen-bond acceptors (Lipinski definition) is 5. The standard InChI is InChI=1S/C11H23N3O4S.ClH/c1-9(2)18-5-6-19(16,17)13-8-11(15)14-10-3-4-12-7-10;/h9-10,12-13H,3-8H2,1-2H3,(H,14,15);1H. The van der Waals surface area contributed by atoms with E-state index < -0.39 is 10.0 Å². The number of amides is 1. The molecule has 1 saturated heterocycles. The first-order chi connectivity index (χ1) is 8.89. The molecular formula is C11H24ClN3O4S. The molecule has 1 rings (SSSR count). The molecule has 20 heavy (non-hydrogen) atoms. The van der Waals surface area contributed by atoms with Gasteiger partial charge in [0.1, 0.15) is 0 Å². The normalized spacial score (nSPS) is 18.9. The maximum absolute atomic E-state index is 11.6. The van der Waals surface area contributed by atoms with Crippen LogP contribution in [0.15, 0.2) is 0 Å². The molecule has 1 amide bonds. The fourth-order valence-corrected chi connectivity index (χ4v) is 2.51. The van der Waals surface area contributed by atoms with Gasteiger partial charge in [-0.2, -0.15) is 0 Å². The Morgan fingerprint density at radius 1 is 1.45 bits per heavy atom. The zero-order valence-corrected chi connectivity index (χ0v) is 13.5. The van der Waals surface area contributed by atoms with Crippen LogP contribution in [-0.2, 0) is 19.6 Å². The first-order valence-corrected chi connectivity index (χ1v) is 8.13. The van der Waals surface area contributed by atoms with E-state index in [-0.39, 0.29) is 49.4 Å². The fourth-order valence-electron chi connectivity index (χ4n) is 1.70. The van der Waals surface area contributed by atoms with Gasteiger partial charge >= 0.3 is 0 Å². The third kappa shape index (κ3) is 8.70. The minimum Gasteiger partial charge on any atom is -0.378 e.